The van der Waals surface area contributed by atoms with Crippen LogP contribution >= 0.6 is 15.9 Å². The van der Waals surface area contributed by atoms with E-state index in [1.807, 2.05) is 0 Å². The summed E-state index contributed by atoms with van der Waals surface area (Å²) < 4.78 is 0. The third-order valence-electron chi connectivity index (χ3n) is 0.130. The lowest BCUT2D eigenvalue weighted by atomic mass is 10.8. The number of hydrogen-bond acceptors (Lipinski definition) is 2. The fourth-order valence-corrected chi connectivity index (χ4v) is 0. The molecule has 0 rings (SSSR count). The molecule has 0 aromatic heterocycles. The maximum absolute atomic E-state index is 9.33. The lowest BCUT2D eigenvalue weighted by Gasteiger charge is -1.78. The average Bonchev–Trinajstić information content (AvgIpc) is 1.38. The minimum Gasteiger partial charge on any atom is -0.313 e. The van der Waals surface area contributed by atoms with Gasteiger partial charge in [0.25, 0.3) is 0 Å². The van der Waals surface area contributed by atoms with E-state index in [0.717, 1.165) is 0 Å². The van der Waals surface area contributed by atoms with Crippen LogP contribution in [0.4, 0.5) is 0 Å². The van der Waals surface area contributed by atoms with E-state index in [0.29, 0.717) is 6.29 Å². The van der Waals surface area contributed by atoms with Crippen molar-refractivity contribution >= 4 is 22.2 Å². The van der Waals surface area contributed by atoms with Crippen LogP contribution in [0.5, 0.6) is 0 Å². The van der Waals surface area contributed by atoms with E-state index in [2.05, 4.69) is 15.9 Å². The molecule has 0 fully saturated rings. The zero-order valence-electron chi connectivity index (χ0n) is 2.52. The highest BCUT2D eigenvalue weighted by Gasteiger charge is 1.82. The van der Waals surface area contributed by atoms with Crippen molar-refractivity contribution in [1.82, 2.24) is 0 Å². The number of carbonyl (C=O) groups is 1. The molecule has 3 heteroatoms. The van der Waals surface area contributed by atoms with Gasteiger partial charge in [0.05, 0.1) is 0 Å². The second-order valence-electron chi connectivity index (χ2n) is 0.581. The van der Waals surface area contributed by atoms with Crippen LogP contribution in [-0.4, -0.2) is 11.2 Å². The van der Waals surface area contributed by atoms with Crippen molar-refractivity contribution in [3.05, 3.63) is 0 Å². The first-order valence-corrected chi connectivity index (χ1v) is 2.04. The Balaban J connectivity index is 2.83. The third kappa shape index (κ3) is 4.11. The largest absolute Gasteiger partial charge is 0.313 e. The number of aldehydes is 1. The van der Waals surface area contributed by atoms with Gasteiger partial charge in [-0.2, -0.15) is 0 Å². The Labute approximate surface area is 38.5 Å². The van der Waals surface area contributed by atoms with Crippen molar-refractivity contribution < 1.29 is 4.79 Å². The van der Waals surface area contributed by atoms with Crippen molar-refractivity contribution in [3.63, 3.8) is 0 Å². The molecule has 0 bridgehead atoms. The van der Waals surface area contributed by atoms with Crippen molar-refractivity contribution in [2.45, 2.75) is 4.95 Å². The summed E-state index contributed by atoms with van der Waals surface area (Å²) in [6.07, 6.45) is 0.611. The highest BCUT2D eigenvalue weighted by atomic mass is 79.9. The van der Waals surface area contributed by atoms with E-state index in [1.165, 1.54) is 0 Å². The molecule has 0 amide bonds. The van der Waals surface area contributed by atoms with Crippen LogP contribution in [0.2, 0.25) is 0 Å². The van der Waals surface area contributed by atoms with Crippen molar-refractivity contribution in [2.24, 2.45) is 5.73 Å². The van der Waals surface area contributed by atoms with Crippen LogP contribution in [0, 0.1) is 0 Å². The predicted octanol–water partition coefficient (Wildman–Crippen LogP) is -0.135. The highest BCUT2D eigenvalue weighted by Crippen LogP contribution is 1.78. The molecule has 0 saturated heterocycles. The second-order valence-corrected chi connectivity index (χ2v) is 1.64. The molecule has 0 aromatic carbocycles. The van der Waals surface area contributed by atoms with Gasteiger partial charge >= 0.3 is 0 Å². The molecule has 2 nitrogen and oxygen atoms in total. The number of halogens is 1. The first-order valence-electron chi connectivity index (χ1n) is 1.12. The molecule has 0 aliphatic carbocycles. The smallest absolute Gasteiger partial charge is 0.147 e. The van der Waals surface area contributed by atoms with E-state index in [4.69, 9.17) is 5.73 Å². The SMILES string of the molecule is NC(Br)C=O. The first kappa shape index (κ1) is 5.11. The quantitative estimate of drug-likeness (QED) is 0.311. The van der Waals surface area contributed by atoms with E-state index < -0.39 is 4.95 Å². The molecule has 5 heavy (non-hydrogen) atoms. The monoisotopic (exact) mass is 137 g/mol. The molecule has 2 N–H and O–H groups in total. The number of alkyl halides is 1. The average molecular weight is 138 g/mol. The first-order chi connectivity index (χ1) is 2.27. The Morgan fingerprint density at radius 1 is 2.00 bits per heavy atom. The van der Waals surface area contributed by atoms with Crippen LogP contribution < -0.4 is 5.73 Å². The molecule has 0 spiro atoms. The Morgan fingerprint density at radius 2 is 2.20 bits per heavy atom. The lowest BCUT2D eigenvalue weighted by Crippen LogP contribution is -2.10. The molecular weight excluding hydrogens is 134 g/mol. The maximum Gasteiger partial charge on any atom is 0.147 e. The summed E-state index contributed by atoms with van der Waals surface area (Å²) in [5, 5.41) is 0. The summed E-state index contributed by atoms with van der Waals surface area (Å²) in [4.78, 5) is 8.85. The summed E-state index contributed by atoms with van der Waals surface area (Å²) in [6, 6.07) is 0. The standard InChI is InChI=1S/C2H4BrNO/c3-2(4)1-5/h1-2H,4H2. The Kier molecular flexibility index (Phi) is 2.41. The van der Waals surface area contributed by atoms with Crippen LogP contribution in [0.1, 0.15) is 0 Å². The number of carbonyl (C=O) groups excluding carboxylic acids is 1. The summed E-state index contributed by atoms with van der Waals surface area (Å²) in [5.41, 5.74) is 4.84. The van der Waals surface area contributed by atoms with Gasteiger partial charge in [0.15, 0.2) is 0 Å². The molecule has 0 aromatic rings. The van der Waals surface area contributed by atoms with Gasteiger partial charge in [-0.1, -0.05) is 15.9 Å². The molecule has 1 atom stereocenters. The van der Waals surface area contributed by atoms with Gasteiger partial charge < -0.3 is 10.5 Å². The van der Waals surface area contributed by atoms with Crippen LogP contribution in [0.25, 0.3) is 0 Å². The predicted molar refractivity (Wildman–Crippen MR) is 23.0 cm³/mol. The molecule has 0 saturated carbocycles. The Morgan fingerprint density at radius 3 is 2.20 bits per heavy atom. The Bertz CT molecular complexity index is 36.6. The second kappa shape index (κ2) is 2.35. The van der Waals surface area contributed by atoms with E-state index in [9.17, 15) is 4.79 Å². The summed E-state index contributed by atoms with van der Waals surface area (Å²) in [6.45, 7) is 0. The fourth-order valence-electron chi connectivity index (χ4n) is 0. The maximum atomic E-state index is 9.33. The van der Waals surface area contributed by atoms with Crippen LogP contribution in [0.3, 0.4) is 0 Å². The third-order valence-corrected chi connectivity index (χ3v) is 0.346. The summed E-state index contributed by atoms with van der Waals surface area (Å²) >= 11 is 2.78. The number of nitrogens with two attached hydrogens (primary N) is 1. The molecule has 0 aliphatic rings. The van der Waals surface area contributed by atoms with Crippen molar-refractivity contribution in [3.8, 4) is 0 Å². The van der Waals surface area contributed by atoms with E-state index in [-0.39, 0.29) is 0 Å². The van der Waals surface area contributed by atoms with Gasteiger partial charge in [0.1, 0.15) is 11.2 Å². The molecule has 0 radical (unpaired) electrons. The zero-order chi connectivity index (χ0) is 4.28. The van der Waals surface area contributed by atoms with Gasteiger partial charge in [-0.15, -0.1) is 0 Å². The normalized spacial score (nSPS) is 14.0. The van der Waals surface area contributed by atoms with Gasteiger partial charge in [-0.25, -0.2) is 0 Å². The highest BCUT2D eigenvalue weighted by molar-refractivity contribution is 9.09. The van der Waals surface area contributed by atoms with Gasteiger partial charge in [0.2, 0.25) is 0 Å². The van der Waals surface area contributed by atoms with Gasteiger partial charge in [0, 0.05) is 0 Å². The molecule has 1 unspecified atom stereocenters. The van der Waals surface area contributed by atoms with Gasteiger partial charge in [-0.05, 0) is 0 Å². The number of hydrogen-bond donors (Lipinski definition) is 1. The van der Waals surface area contributed by atoms with Gasteiger partial charge in [-0.3, -0.25) is 0 Å². The molecule has 0 heterocycles. The number of rotatable bonds is 1. The minimum atomic E-state index is -0.484. The van der Waals surface area contributed by atoms with Crippen molar-refractivity contribution in [1.29, 1.82) is 0 Å². The Hall–Kier alpha value is 0.110. The molecule has 0 aliphatic heterocycles. The zero-order valence-corrected chi connectivity index (χ0v) is 4.10. The topological polar surface area (TPSA) is 43.1 Å². The fraction of sp³-hybridized carbons (Fsp3) is 0.500. The lowest BCUT2D eigenvalue weighted by molar-refractivity contribution is -0.107. The van der Waals surface area contributed by atoms with Crippen LogP contribution in [-0.2, 0) is 4.79 Å². The van der Waals surface area contributed by atoms with E-state index in [1.54, 1.807) is 0 Å². The van der Waals surface area contributed by atoms with E-state index >= 15 is 0 Å². The molecule has 30 valence electrons. The summed E-state index contributed by atoms with van der Waals surface area (Å²) in [5.74, 6) is 0. The molecular formula is C2H4BrNO. The van der Waals surface area contributed by atoms with Crippen LogP contribution in [0.15, 0.2) is 0 Å². The minimum absolute atomic E-state index is 0.484. The summed E-state index contributed by atoms with van der Waals surface area (Å²) in [7, 11) is 0. The van der Waals surface area contributed by atoms with Crippen molar-refractivity contribution in [2.75, 3.05) is 0 Å².